The number of nitrogens with zero attached hydrogens (tertiary/aromatic N) is 1. The van der Waals surface area contributed by atoms with Gasteiger partial charge in [0.15, 0.2) is 0 Å². The van der Waals surface area contributed by atoms with Crippen LogP contribution in [-0.2, 0) is 4.79 Å². The number of anilines is 1. The van der Waals surface area contributed by atoms with Crippen LogP contribution >= 0.6 is 0 Å². The molecular formula is C10H10N2O3. The van der Waals surface area contributed by atoms with E-state index in [1.165, 1.54) is 18.3 Å². The first kappa shape index (κ1) is 10.9. The van der Waals surface area contributed by atoms with Gasteiger partial charge in [0.2, 0.25) is 0 Å². The standard InChI is InChI=1S/C10H10N2O3/c1-6(2)9(13)12-7-3-4-8(10(14)15)11-5-7/h3-5H,1H2,2H3,(H,12,13)(H,14,15). The van der Waals surface area contributed by atoms with Crippen molar-refractivity contribution < 1.29 is 14.7 Å². The van der Waals surface area contributed by atoms with E-state index in [0.717, 1.165) is 0 Å². The number of carboxylic acid groups (broad SMARTS) is 1. The van der Waals surface area contributed by atoms with Crippen LogP contribution in [0.25, 0.3) is 0 Å². The molecule has 0 fully saturated rings. The number of nitrogens with one attached hydrogen (secondary N) is 1. The number of carbonyl (C=O) groups excluding carboxylic acids is 1. The SMILES string of the molecule is C=C(C)C(=O)Nc1ccc(C(=O)O)nc1. The van der Waals surface area contributed by atoms with Gasteiger partial charge in [0.05, 0.1) is 11.9 Å². The van der Waals surface area contributed by atoms with Gasteiger partial charge in [0, 0.05) is 5.57 Å². The molecule has 5 heteroatoms. The van der Waals surface area contributed by atoms with Crippen molar-refractivity contribution in [2.75, 3.05) is 5.32 Å². The zero-order valence-electron chi connectivity index (χ0n) is 8.15. The lowest BCUT2D eigenvalue weighted by atomic mass is 10.3. The molecule has 0 radical (unpaired) electrons. The van der Waals surface area contributed by atoms with Gasteiger partial charge < -0.3 is 10.4 Å². The predicted octanol–water partition coefficient (Wildman–Crippen LogP) is 1.29. The van der Waals surface area contributed by atoms with Gasteiger partial charge in [-0.05, 0) is 19.1 Å². The van der Waals surface area contributed by atoms with E-state index in [1.807, 2.05) is 0 Å². The molecule has 0 aliphatic carbocycles. The summed E-state index contributed by atoms with van der Waals surface area (Å²) >= 11 is 0. The number of hydrogen-bond donors (Lipinski definition) is 2. The molecule has 0 saturated carbocycles. The number of carbonyl (C=O) groups is 2. The minimum Gasteiger partial charge on any atom is -0.477 e. The molecule has 1 rings (SSSR count). The number of aromatic carboxylic acids is 1. The Morgan fingerprint density at radius 3 is 2.53 bits per heavy atom. The molecule has 0 aromatic carbocycles. The van der Waals surface area contributed by atoms with Crippen LogP contribution in [0.1, 0.15) is 17.4 Å². The Morgan fingerprint density at radius 2 is 2.13 bits per heavy atom. The fourth-order valence-corrected chi connectivity index (χ4v) is 0.832. The molecule has 5 nitrogen and oxygen atoms in total. The summed E-state index contributed by atoms with van der Waals surface area (Å²) in [4.78, 5) is 25.3. The molecule has 0 bridgehead atoms. The van der Waals surface area contributed by atoms with Crippen LogP contribution < -0.4 is 5.32 Å². The maximum atomic E-state index is 11.2. The first-order valence-corrected chi connectivity index (χ1v) is 4.17. The van der Waals surface area contributed by atoms with E-state index in [0.29, 0.717) is 11.3 Å². The smallest absolute Gasteiger partial charge is 0.354 e. The van der Waals surface area contributed by atoms with Crippen LogP contribution in [0.5, 0.6) is 0 Å². The summed E-state index contributed by atoms with van der Waals surface area (Å²) in [6.07, 6.45) is 1.28. The molecule has 1 amide bonds. The normalized spacial score (nSPS) is 9.40. The van der Waals surface area contributed by atoms with Crippen LogP contribution in [0.4, 0.5) is 5.69 Å². The van der Waals surface area contributed by atoms with E-state index in [2.05, 4.69) is 16.9 Å². The maximum absolute atomic E-state index is 11.2. The minimum absolute atomic E-state index is 0.0664. The van der Waals surface area contributed by atoms with E-state index in [9.17, 15) is 9.59 Å². The average Bonchev–Trinajstić information content (AvgIpc) is 2.18. The third kappa shape index (κ3) is 2.91. The molecule has 15 heavy (non-hydrogen) atoms. The molecule has 0 spiro atoms. The third-order valence-corrected chi connectivity index (χ3v) is 1.63. The Bertz CT molecular complexity index is 409. The molecule has 0 saturated heterocycles. The van der Waals surface area contributed by atoms with Gasteiger partial charge in [-0.25, -0.2) is 9.78 Å². The number of carboxylic acids is 1. The lowest BCUT2D eigenvalue weighted by Gasteiger charge is -2.03. The monoisotopic (exact) mass is 206 g/mol. The van der Waals surface area contributed by atoms with Crippen LogP contribution in [0.2, 0.25) is 0 Å². The number of amides is 1. The highest BCUT2D eigenvalue weighted by Gasteiger charge is 2.05. The molecule has 0 atom stereocenters. The van der Waals surface area contributed by atoms with Gasteiger partial charge in [-0.1, -0.05) is 6.58 Å². The second-order valence-corrected chi connectivity index (χ2v) is 2.97. The Morgan fingerprint density at radius 1 is 1.47 bits per heavy atom. The highest BCUT2D eigenvalue weighted by atomic mass is 16.4. The van der Waals surface area contributed by atoms with E-state index in [-0.39, 0.29) is 11.6 Å². The van der Waals surface area contributed by atoms with Gasteiger partial charge in [-0.15, -0.1) is 0 Å². The van der Waals surface area contributed by atoms with Crippen molar-refractivity contribution in [1.82, 2.24) is 4.98 Å². The summed E-state index contributed by atoms with van der Waals surface area (Å²) in [5.41, 5.74) is 0.744. The predicted molar refractivity (Wildman–Crippen MR) is 54.6 cm³/mol. The fourth-order valence-electron chi connectivity index (χ4n) is 0.832. The van der Waals surface area contributed by atoms with E-state index < -0.39 is 5.97 Å². The quantitative estimate of drug-likeness (QED) is 0.730. The Labute approximate surface area is 86.5 Å². The van der Waals surface area contributed by atoms with Gasteiger partial charge >= 0.3 is 5.97 Å². The molecule has 78 valence electrons. The van der Waals surface area contributed by atoms with Crippen LogP contribution in [-0.4, -0.2) is 22.0 Å². The lowest BCUT2D eigenvalue weighted by molar-refractivity contribution is -0.112. The number of pyridine rings is 1. The van der Waals surface area contributed by atoms with Crippen molar-refractivity contribution in [1.29, 1.82) is 0 Å². The highest BCUT2D eigenvalue weighted by molar-refractivity contribution is 6.02. The van der Waals surface area contributed by atoms with Gasteiger partial charge in [0.25, 0.3) is 5.91 Å². The van der Waals surface area contributed by atoms with Crippen molar-refractivity contribution in [2.24, 2.45) is 0 Å². The Kier molecular flexibility index (Phi) is 3.17. The largest absolute Gasteiger partial charge is 0.477 e. The minimum atomic E-state index is -1.10. The topological polar surface area (TPSA) is 79.3 Å². The summed E-state index contributed by atoms with van der Waals surface area (Å²) in [5, 5.41) is 11.1. The summed E-state index contributed by atoms with van der Waals surface area (Å²) < 4.78 is 0. The Balaban J connectivity index is 2.77. The van der Waals surface area contributed by atoms with E-state index in [4.69, 9.17) is 5.11 Å². The van der Waals surface area contributed by atoms with E-state index >= 15 is 0 Å². The van der Waals surface area contributed by atoms with Crippen LogP contribution in [0, 0.1) is 0 Å². The first-order chi connectivity index (χ1) is 7.00. The summed E-state index contributed by atoms with van der Waals surface area (Å²) in [6.45, 7) is 5.05. The number of rotatable bonds is 3. The van der Waals surface area contributed by atoms with Gasteiger partial charge in [-0.3, -0.25) is 4.79 Å². The lowest BCUT2D eigenvalue weighted by Crippen LogP contribution is -2.12. The van der Waals surface area contributed by atoms with Crippen molar-refractivity contribution in [3.05, 3.63) is 36.2 Å². The second-order valence-electron chi connectivity index (χ2n) is 2.97. The molecule has 1 aromatic rings. The molecule has 0 aliphatic heterocycles. The maximum Gasteiger partial charge on any atom is 0.354 e. The highest BCUT2D eigenvalue weighted by Crippen LogP contribution is 2.07. The van der Waals surface area contributed by atoms with Crippen LogP contribution in [0.15, 0.2) is 30.5 Å². The molecule has 1 heterocycles. The second kappa shape index (κ2) is 4.36. The van der Waals surface area contributed by atoms with Crippen molar-refractivity contribution >= 4 is 17.6 Å². The summed E-state index contributed by atoms with van der Waals surface area (Å²) in [7, 11) is 0. The van der Waals surface area contributed by atoms with Gasteiger partial charge in [-0.2, -0.15) is 0 Å². The molecular weight excluding hydrogens is 196 g/mol. The number of hydrogen-bond acceptors (Lipinski definition) is 3. The zero-order chi connectivity index (χ0) is 11.4. The molecule has 1 aromatic heterocycles. The molecule has 2 N–H and O–H groups in total. The third-order valence-electron chi connectivity index (χ3n) is 1.63. The van der Waals surface area contributed by atoms with Crippen molar-refractivity contribution in [3.63, 3.8) is 0 Å². The summed E-state index contributed by atoms with van der Waals surface area (Å²) in [5.74, 6) is -1.42. The first-order valence-electron chi connectivity index (χ1n) is 4.17. The van der Waals surface area contributed by atoms with Crippen molar-refractivity contribution in [2.45, 2.75) is 6.92 Å². The van der Waals surface area contributed by atoms with E-state index in [1.54, 1.807) is 6.92 Å². The number of aromatic nitrogens is 1. The summed E-state index contributed by atoms with van der Waals surface area (Å²) in [6, 6.07) is 2.79. The van der Waals surface area contributed by atoms with Crippen LogP contribution in [0.3, 0.4) is 0 Å². The zero-order valence-corrected chi connectivity index (χ0v) is 8.15. The molecule has 0 unspecified atom stereocenters. The van der Waals surface area contributed by atoms with Gasteiger partial charge in [0.1, 0.15) is 5.69 Å². The van der Waals surface area contributed by atoms with Crippen molar-refractivity contribution in [3.8, 4) is 0 Å². The average molecular weight is 206 g/mol. The fraction of sp³-hybridized carbons (Fsp3) is 0.100. The molecule has 0 aliphatic rings. The Hall–Kier alpha value is -2.17.